The van der Waals surface area contributed by atoms with Crippen LogP contribution in [0.1, 0.15) is 52.1 Å². The molecule has 0 radical (unpaired) electrons. The van der Waals surface area contributed by atoms with Crippen LogP contribution in [-0.2, 0) is 4.79 Å². The molecule has 1 aliphatic rings. The summed E-state index contributed by atoms with van der Waals surface area (Å²) in [5.74, 6) is -0.609. The number of para-hydroxylation sites is 1. The van der Waals surface area contributed by atoms with Crippen LogP contribution in [0.15, 0.2) is 59.4 Å². The number of pyridine rings is 1. The molecule has 0 aliphatic heterocycles. The van der Waals surface area contributed by atoms with Crippen LogP contribution < -0.4 is 11.2 Å². The Hall–Kier alpha value is -4.06. The number of nitrogen functional groups attached to an aromatic ring is 1. The van der Waals surface area contributed by atoms with Crippen molar-refractivity contribution in [2.45, 2.75) is 20.3 Å². The van der Waals surface area contributed by atoms with E-state index in [2.05, 4.69) is 18.8 Å². The molecular formula is C25H22N2O4. The Labute approximate surface area is 178 Å². The van der Waals surface area contributed by atoms with Crippen molar-refractivity contribution in [1.82, 2.24) is 4.98 Å². The van der Waals surface area contributed by atoms with E-state index >= 15 is 0 Å². The number of carbonyl (C=O) groups excluding carboxylic acids is 3. The molecule has 6 heteroatoms. The SMILES string of the molecule is C=O.CCC.Nc1cccc2c1C(=O)c1ccc3c(=O)c4ccccc4[nH]c3c1C2=O. The van der Waals surface area contributed by atoms with Crippen molar-refractivity contribution < 1.29 is 14.4 Å². The topological polar surface area (TPSA) is 110 Å². The number of aromatic nitrogens is 1. The highest BCUT2D eigenvalue weighted by Crippen LogP contribution is 2.34. The summed E-state index contributed by atoms with van der Waals surface area (Å²) >= 11 is 0. The number of hydrogen-bond acceptors (Lipinski definition) is 5. The molecule has 0 unspecified atom stereocenters. The van der Waals surface area contributed by atoms with Gasteiger partial charge in [0, 0.05) is 33.1 Å². The molecule has 0 spiro atoms. The van der Waals surface area contributed by atoms with Crippen molar-refractivity contribution in [1.29, 1.82) is 0 Å². The van der Waals surface area contributed by atoms with E-state index in [0.717, 1.165) is 0 Å². The summed E-state index contributed by atoms with van der Waals surface area (Å²) in [6.07, 6.45) is 1.25. The van der Waals surface area contributed by atoms with Gasteiger partial charge in [-0.25, -0.2) is 0 Å². The zero-order valence-electron chi connectivity index (χ0n) is 17.3. The summed E-state index contributed by atoms with van der Waals surface area (Å²) in [4.78, 5) is 50.1. The molecule has 6 nitrogen and oxygen atoms in total. The number of hydrogen-bond donors (Lipinski definition) is 2. The van der Waals surface area contributed by atoms with Crippen molar-refractivity contribution in [2.24, 2.45) is 0 Å². The molecule has 1 aliphatic carbocycles. The molecule has 31 heavy (non-hydrogen) atoms. The quantitative estimate of drug-likeness (QED) is 0.290. The highest BCUT2D eigenvalue weighted by molar-refractivity contribution is 6.33. The third-order valence-corrected chi connectivity index (χ3v) is 4.92. The van der Waals surface area contributed by atoms with Gasteiger partial charge in [0.1, 0.15) is 6.79 Å². The zero-order valence-corrected chi connectivity index (χ0v) is 17.3. The number of H-pyrrole nitrogens is 1. The summed E-state index contributed by atoms with van der Waals surface area (Å²) in [7, 11) is 0. The summed E-state index contributed by atoms with van der Waals surface area (Å²) < 4.78 is 0. The molecule has 0 fully saturated rings. The van der Waals surface area contributed by atoms with Crippen LogP contribution in [0.25, 0.3) is 21.8 Å². The summed E-state index contributed by atoms with van der Waals surface area (Å²) in [5.41, 5.74) is 8.04. The number of carbonyl (C=O) groups is 3. The van der Waals surface area contributed by atoms with Gasteiger partial charge >= 0.3 is 0 Å². The number of nitrogens with two attached hydrogens (primary N) is 1. The van der Waals surface area contributed by atoms with E-state index in [-0.39, 0.29) is 44.9 Å². The van der Waals surface area contributed by atoms with Gasteiger partial charge in [-0.1, -0.05) is 44.5 Å². The Kier molecular flexibility index (Phi) is 6.11. The normalized spacial score (nSPS) is 11.7. The molecule has 156 valence electrons. The number of ketones is 2. The third-order valence-electron chi connectivity index (χ3n) is 4.92. The molecule has 1 aromatic heterocycles. The highest BCUT2D eigenvalue weighted by Gasteiger charge is 2.33. The lowest BCUT2D eigenvalue weighted by Crippen LogP contribution is -2.23. The number of benzene rings is 3. The molecule has 0 bridgehead atoms. The molecule has 0 atom stereocenters. The second kappa shape index (κ2) is 8.75. The Bertz CT molecular complexity index is 1390. The van der Waals surface area contributed by atoms with E-state index < -0.39 is 0 Å². The van der Waals surface area contributed by atoms with E-state index in [1.807, 2.05) is 12.9 Å². The zero-order chi connectivity index (χ0) is 22.7. The lowest BCUT2D eigenvalue weighted by molar-refractivity contribution is -0.0980. The number of rotatable bonds is 0. The van der Waals surface area contributed by atoms with Crippen molar-refractivity contribution >= 4 is 45.8 Å². The maximum absolute atomic E-state index is 13.1. The van der Waals surface area contributed by atoms with Crippen LogP contribution >= 0.6 is 0 Å². The number of nitrogens with one attached hydrogen (secondary N) is 1. The smallest absolute Gasteiger partial charge is 0.197 e. The fraction of sp³-hybridized carbons (Fsp3) is 0.120. The van der Waals surface area contributed by atoms with Crippen LogP contribution in [0.5, 0.6) is 0 Å². The Morgan fingerprint density at radius 3 is 2.10 bits per heavy atom. The fourth-order valence-electron chi connectivity index (χ4n) is 3.70. The van der Waals surface area contributed by atoms with Crippen LogP contribution in [0.3, 0.4) is 0 Å². The van der Waals surface area contributed by atoms with E-state index in [4.69, 9.17) is 10.5 Å². The largest absolute Gasteiger partial charge is 0.398 e. The predicted molar refractivity (Wildman–Crippen MR) is 123 cm³/mol. The highest BCUT2D eigenvalue weighted by atomic mass is 16.1. The first-order valence-electron chi connectivity index (χ1n) is 9.84. The first kappa shape index (κ1) is 21.6. The lowest BCUT2D eigenvalue weighted by Gasteiger charge is -2.20. The minimum Gasteiger partial charge on any atom is -0.398 e. The van der Waals surface area contributed by atoms with Crippen LogP contribution in [-0.4, -0.2) is 23.3 Å². The monoisotopic (exact) mass is 414 g/mol. The number of aromatic amines is 1. The second-order valence-electron chi connectivity index (χ2n) is 7.05. The first-order valence-corrected chi connectivity index (χ1v) is 9.84. The Morgan fingerprint density at radius 1 is 0.774 bits per heavy atom. The van der Waals surface area contributed by atoms with E-state index in [9.17, 15) is 14.4 Å². The van der Waals surface area contributed by atoms with Gasteiger partial charge in [0.05, 0.1) is 16.6 Å². The van der Waals surface area contributed by atoms with Gasteiger partial charge in [-0.05, 0) is 30.3 Å². The molecule has 5 rings (SSSR count). The summed E-state index contributed by atoms with van der Waals surface area (Å²) in [6.45, 7) is 6.25. The molecule has 0 saturated carbocycles. The second-order valence-corrected chi connectivity index (χ2v) is 7.05. The third kappa shape index (κ3) is 3.42. The standard InChI is InChI=1S/C21H12N2O3.C3H8.CH2O/c22-14-6-3-5-11-16(14)20(25)12-8-9-13-18(17(12)21(11)26)23-15-7-2-1-4-10(15)19(13)24;1-3-2;1-2/h1-9H,22H2,(H,23,24);3H2,1-2H3;1H2. The fourth-order valence-corrected chi connectivity index (χ4v) is 3.70. The van der Waals surface area contributed by atoms with Crippen LogP contribution in [0.4, 0.5) is 5.69 Å². The maximum atomic E-state index is 13.1. The van der Waals surface area contributed by atoms with E-state index in [1.165, 1.54) is 12.5 Å². The van der Waals surface area contributed by atoms with Gasteiger partial charge < -0.3 is 15.5 Å². The maximum Gasteiger partial charge on any atom is 0.197 e. The number of anilines is 1. The Morgan fingerprint density at radius 2 is 1.39 bits per heavy atom. The molecule has 0 saturated heterocycles. The lowest BCUT2D eigenvalue weighted by atomic mass is 9.82. The Balaban J connectivity index is 0.000000504. The summed E-state index contributed by atoms with van der Waals surface area (Å²) in [5, 5.41) is 0.926. The van der Waals surface area contributed by atoms with Gasteiger partial charge in [0.2, 0.25) is 0 Å². The minimum atomic E-state index is -0.307. The van der Waals surface area contributed by atoms with Crippen LogP contribution in [0, 0.1) is 0 Å². The molecule has 4 aromatic rings. The predicted octanol–water partition coefficient (Wildman–Crippen LogP) is 4.27. The van der Waals surface area contributed by atoms with Crippen molar-refractivity contribution in [3.05, 3.63) is 87.1 Å². The molecule has 0 amide bonds. The van der Waals surface area contributed by atoms with Crippen molar-refractivity contribution in [3.63, 3.8) is 0 Å². The minimum absolute atomic E-state index is 0.171. The molecular weight excluding hydrogens is 392 g/mol. The molecule has 3 N–H and O–H groups in total. The van der Waals surface area contributed by atoms with Crippen LogP contribution in [0.2, 0.25) is 0 Å². The van der Waals surface area contributed by atoms with Crippen molar-refractivity contribution in [3.8, 4) is 0 Å². The average Bonchev–Trinajstić information content (AvgIpc) is 2.79. The van der Waals surface area contributed by atoms with Crippen molar-refractivity contribution in [2.75, 3.05) is 5.73 Å². The van der Waals surface area contributed by atoms with E-state index in [1.54, 1.807) is 42.5 Å². The molecule has 1 heterocycles. The van der Waals surface area contributed by atoms with Gasteiger partial charge in [0.15, 0.2) is 17.0 Å². The molecule has 3 aromatic carbocycles. The van der Waals surface area contributed by atoms with Gasteiger partial charge in [-0.3, -0.25) is 14.4 Å². The van der Waals surface area contributed by atoms with Gasteiger partial charge in [-0.2, -0.15) is 0 Å². The number of fused-ring (bicyclic) bond motifs is 5. The average molecular weight is 414 g/mol. The van der Waals surface area contributed by atoms with E-state index in [0.29, 0.717) is 21.8 Å². The summed E-state index contributed by atoms with van der Waals surface area (Å²) in [6, 6.07) is 15.1. The van der Waals surface area contributed by atoms with Gasteiger partial charge in [0.25, 0.3) is 0 Å². The van der Waals surface area contributed by atoms with Gasteiger partial charge in [-0.15, -0.1) is 0 Å². The first-order chi connectivity index (χ1) is 15.0.